The Morgan fingerprint density at radius 1 is 0.867 bits per heavy atom. The summed E-state index contributed by atoms with van der Waals surface area (Å²) in [6.45, 7) is 0. The minimum absolute atomic E-state index is 0. The number of carboxylic acid groups (broad SMARTS) is 2. The van der Waals surface area contributed by atoms with Crippen LogP contribution in [0.1, 0.15) is 0 Å². The highest BCUT2D eigenvalue weighted by atomic mass is 35.5. The van der Waals surface area contributed by atoms with Crippen LogP contribution < -0.4 is 34.6 Å². The van der Waals surface area contributed by atoms with Gasteiger partial charge in [-0.2, -0.15) is 0 Å². The minimum atomic E-state index is -1.83. The smallest absolute Gasteiger partial charge is 0.450 e. The van der Waals surface area contributed by atoms with E-state index in [1.807, 2.05) is 0 Å². The monoisotopic (exact) mass is 246 g/mol. The first kappa shape index (κ1) is 23.0. The fourth-order valence-electron chi connectivity index (χ4n) is 0. The van der Waals surface area contributed by atoms with Crippen molar-refractivity contribution in [3.8, 4) is 0 Å². The summed E-state index contributed by atoms with van der Waals surface area (Å²) in [4.78, 5) is 8.56. The molecule has 0 fully saturated rings. The van der Waals surface area contributed by atoms with E-state index in [-0.39, 0.29) is 24.3 Å². The van der Waals surface area contributed by atoms with E-state index < -0.39 is 6.16 Å². The van der Waals surface area contributed by atoms with Crippen LogP contribution in [0.5, 0.6) is 0 Å². The summed E-state index contributed by atoms with van der Waals surface area (Å²) in [7, 11) is 0. The van der Waals surface area contributed by atoms with Crippen LogP contribution in [0.25, 0.3) is 0 Å². The number of rotatable bonds is 0. The van der Waals surface area contributed by atoms with Crippen LogP contribution >= 0.6 is 12.4 Å². The Morgan fingerprint density at radius 3 is 0.933 bits per heavy atom. The summed E-state index contributed by atoms with van der Waals surface area (Å²) in [6.07, 6.45) is -1.83. The van der Waals surface area contributed by atoms with Crippen molar-refractivity contribution in [1.29, 1.82) is 0 Å². The highest BCUT2D eigenvalue weighted by molar-refractivity contribution is 5.85. The zero-order chi connectivity index (χ0) is 12.1. The average molecular weight is 247 g/mol. The van der Waals surface area contributed by atoms with Crippen LogP contribution in [-0.4, -0.2) is 28.3 Å². The molecule has 0 spiro atoms. The van der Waals surface area contributed by atoms with E-state index in [2.05, 4.69) is 21.9 Å². The fraction of sp³-hybridized carbons (Fsp3) is 0. The summed E-state index contributed by atoms with van der Waals surface area (Å²) in [6, 6.07) is 0. The first-order chi connectivity index (χ1) is 6.27. The largest absolute Gasteiger partial charge is 0.503 e. The Bertz CT molecular complexity index is 177. The van der Waals surface area contributed by atoms with Crippen molar-refractivity contribution in [3.63, 3.8) is 0 Å². The van der Waals surface area contributed by atoms with E-state index in [0.29, 0.717) is 0 Å². The highest BCUT2D eigenvalue weighted by Crippen LogP contribution is 1.42. The van der Waals surface area contributed by atoms with E-state index >= 15 is 0 Å². The maximum absolute atomic E-state index is 8.56. The molecule has 11 nitrogen and oxygen atoms in total. The standard InChI is InChI=1S/2CH6N4.CH2O3.ClH/c2*2-1(3)5-4;2-1(3)4;/h2*4H2,(H4,2,3,5);(H2,2,3,4);1H. The molecule has 15 heavy (non-hydrogen) atoms. The SMILES string of the molecule is Cl.NN=C(N)N.NN=C(N)N.O=C(O)O. The molecule has 0 unspecified atom stereocenters. The van der Waals surface area contributed by atoms with Crippen molar-refractivity contribution in [1.82, 2.24) is 0 Å². The summed E-state index contributed by atoms with van der Waals surface area (Å²) < 4.78 is 0. The molecule has 12 heteroatoms. The van der Waals surface area contributed by atoms with Gasteiger partial charge in [0.25, 0.3) is 0 Å². The summed E-state index contributed by atoms with van der Waals surface area (Å²) in [5.41, 5.74) is 18.8. The van der Waals surface area contributed by atoms with Crippen LogP contribution in [0, 0.1) is 0 Å². The van der Waals surface area contributed by atoms with E-state index in [0.717, 1.165) is 0 Å². The van der Waals surface area contributed by atoms with Gasteiger partial charge in [0.15, 0.2) is 0 Å². The average Bonchev–Trinajstić information content (AvgIpc) is 2.04. The third-order valence-electron chi connectivity index (χ3n) is 0.298. The molecule has 0 aliphatic rings. The molecule has 92 valence electrons. The number of carbonyl (C=O) groups is 1. The Hall–Kier alpha value is -2.30. The molecule has 0 heterocycles. The molecular formula is C3H15ClN8O3. The zero-order valence-corrected chi connectivity index (χ0v) is 8.39. The normalized spacial score (nSPS) is 5.87. The number of halogens is 1. The molecule has 14 N–H and O–H groups in total. The van der Waals surface area contributed by atoms with Gasteiger partial charge in [-0.15, -0.1) is 22.6 Å². The second-order valence-corrected chi connectivity index (χ2v) is 1.39. The van der Waals surface area contributed by atoms with Crippen LogP contribution in [0.3, 0.4) is 0 Å². The second kappa shape index (κ2) is 17.7. The molecule has 0 radical (unpaired) electrons. The van der Waals surface area contributed by atoms with Gasteiger partial charge >= 0.3 is 6.16 Å². The summed E-state index contributed by atoms with van der Waals surface area (Å²) >= 11 is 0. The number of nitrogens with two attached hydrogens (primary N) is 6. The van der Waals surface area contributed by atoms with Crippen LogP contribution in [0.4, 0.5) is 4.79 Å². The lowest BCUT2D eigenvalue weighted by Crippen LogP contribution is -2.23. The van der Waals surface area contributed by atoms with Gasteiger partial charge in [0.2, 0.25) is 11.9 Å². The van der Waals surface area contributed by atoms with E-state index in [1.54, 1.807) is 0 Å². The van der Waals surface area contributed by atoms with Crippen molar-refractivity contribution in [2.45, 2.75) is 0 Å². The van der Waals surface area contributed by atoms with Gasteiger partial charge in [-0.05, 0) is 0 Å². The molecule has 0 bridgehead atoms. The minimum Gasteiger partial charge on any atom is -0.450 e. The van der Waals surface area contributed by atoms with Crippen molar-refractivity contribution >= 4 is 30.5 Å². The Morgan fingerprint density at radius 2 is 0.933 bits per heavy atom. The van der Waals surface area contributed by atoms with Crippen LogP contribution in [-0.2, 0) is 0 Å². The zero-order valence-electron chi connectivity index (χ0n) is 7.57. The van der Waals surface area contributed by atoms with E-state index in [9.17, 15) is 0 Å². The number of hydrazone groups is 2. The molecule has 0 aliphatic carbocycles. The molecule has 0 aromatic heterocycles. The topological polar surface area (TPSA) is 238 Å². The van der Waals surface area contributed by atoms with Crippen molar-refractivity contribution in [2.24, 2.45) is 44.8 Å². The van der Waals surface area contributed by atoms with E-state index in [4.69, 9.17) is 37.9 Å². The quantitative estimate of drug-likeness (QED) is 0.0933. The molecule has 0 aliphatic heterocycles. The van der Waals surface area contributed by atoms with Gasteiger partial charge in [0, 0.05) is 0 Å². The molecule has 0 aromatic carbocycles. The highest BCUT2D eigenvalue weighted by Gasteiger charge is 1.70. The number of guanidine groups is 2. The third kappa shape index (κ3) is 381. The lowest BCUT2D eigenvalue weighted by atomic mass is 11.1. The summed E-state index contributed by atoms with van der Waals surface area (Å²) in [5.74, 6) is 8.83. The maximum Gasteiger partial charge on any atom is 0.503 e. The van der Waals surface area contributed by atoms with Gasteiger partial charge in [-0.1, -0.05) is 0 Å². The van der Waals surface area contributed by atoms with Gasteiger partial charge in [-0.3, -0.25) is 0 Å². The Balaban J connectivity index is -0.0000000590. The molecule has 0 saturated heterocycles. The van der Waals surface area contributed by atoms with Crippen LogP contribution in [0.2, 0.25) is 0 Å². The van der Waals surface area contributed by atoms with Gasteiger partial charge in [0.1, 0.15) is 0 Å². The van der Waals surface area contributed by atoms with Crippen molar-refractivity contribution < 1.29 is 15.0 Å². The molecule has 0 rings (SSSR count). The van der Waals surface area contributed by atoms with Crippen molar-refractivity contribution in [2.75, 3.05) is 0 Å². The predicted molar refractivity (Wildman–Crippen MR) is 57.9 cm³/mol. The lowest BCUT2D eigenvalue weighted by Gasteiger charge is -1.76. The summed E-state index contributed by atoms with van der Waals surface area (Å²) in [5, 5.41) is 19.7. The molecular weight excluding hydrogens is 232 g/mol. The second-order valence-electron chi connectivity index (χ2n) is 1.39. The molecule has 0 aromatic rings. The van der Waals surface area contributed by atoms with Gasteiger partial charge < -0.3 is 44.8 Å². The van der Waals surface area contributed by atoms with E-state index in [1.165, 1.54) is 0 Å². The predicted octanol–water partition coefficient (Wildman–Crippen LogP) is -3.09. The van der Waals surface area contributed by atoms with Crippen LogP contribution in [0.15, 0.2) is 10.2 Å². The third-order valence-corrected chi connectivity index (χ3v) is 0.298. The maximum atomic E-state index is 8.56. The first-order valence-electron chi connectivity index (χ1n) is 2.77. The number of nitrogens with zero attached hydrogens (tertiary/aromatic N) is 2. The molecule has 0 atom stereocenters. The first-order valence-corrected chi connectivity index (χ1v) is 2.77. The number of hydrogen-bond donors (Lipinski definition) is 8. The Labute approximate surface area is 91.2 Å². The lowest BCUT2D eigenvalue weighted by molar-refractivity contribution is 0.137. The fourth-order valence-corrected chi connectivity index (χ4v) is 0. The Kier molecular flexibility index (Phi) is 27.1. The van der Waals surface area contributed by atoms with Gasteiger partial charge in [0.05, 0.1) is 0 Å². The number of hydrogen-bond acceptors (Lipinski definition) is 5. The van der Waals surface area contributed by atoms with Crippen molar-refractivity contribution in [3.05, 3.63) is 0 Å². The molecule has 0 amide bonds. The molecule has 0 saturated carbocycles. The van der Waals surface area contributed by atoms with Gasteiger partial charge in [-0.25, -0.2) is 4.79 Å².